The van der Waals surface area contributed by atoms with Gasteiger partial charge in [0.15, 0.2) is 0 Å². The Labute approximate surface area is 92.9 Å². The molecule has 0 aliphatic heterocycles. The van der Waals surface area contributed by atoms with E-state index in [9.17, 15) is 8.42 Å². The maximum atomic E-state index is 11.8. The van der Waals surface area contributed by atoms with Crippen LogP contribution in [0.5, 0.6) is 0 Å². The van der Waals surface area contributed by atoms with Crippen LogP contribution in [0.1, 0.15) is 40.5 Å². The number of nitrogens with one attached hydrogen (secondary N) is 2. The molecule has 2 N–H and O–H groups in total. The second-order valence-electron chi connectivity index (χ2n) is 5.39. The molecule has 90 valence electrons. The molecule has 0 radical (unpaired) electrons. The normalized spacial score (nSPS) is 20.3. The lowest BCUT2D eigenvalue weighted by Gasteiger charge is -2.23. The lowest BCUT2D eigenvalue weighted by atomic mass is 10.1. The van der Waals surface area contributed by atoms with Gasteiger partial charge in [0.05, 0.1) is 5.25 Å². The van der Waals surface area contributed by atoms with Crippen molar-refractivity contribution in [2.24, 2.45) is 0 Å². The van der Waals surface area contributed by atoms with Gasteiger partial charge in [0.25, 0.3) is 0 Å². The van der Waals surface area contributed by atoms with Gasteiger partial charge in [-0.15, -0.1) is 0 Å². The lowest BCUT2D eigenvalue weighted by Crippen LogP contribution is -2.47. The Kier molecular flexibility index (Phi) is 3.79. The summed E-state index contributed by atoms with van der Waals surface area (Å²) in [6, 6.07) is 0.553. The van der Waals surface area contributed by atoms with E-state index in [-0.39, 0.29) is 5.25 Å². The molecule has 0 aromatic rings. The first-order valence-electron chi connectivity index (χ1n) is 5.47. The van der Waals surface area contributed by atoms with Crippen molar-refractivity contribution < 1.29 is 8.42 Å². The molecule has 1 fully saturated rings. The topological polar surface area (TPSA) is 58.2 Å². The first kappa shape index (κ1) is 12.9. The third-order valence-corrected chi connectivity index (χ3v) is 4.37. The van der Waals surface area contributed by atoms with E-state index in [1.807, 2.05) is 20.8 Å². The zero-order valence-corrected chi connectivity index (χ0v) is 10.8. The molecule has 1 aliphatic rings. The molecule has 4 nitrogen and oxygen atoms in total. The van der Waals surface area contributed by atoms with Crippen LogP contribution in [0.15, 0.2) is 0 Å². The van der Waals surface area contributed by atoms with Crippen LogP contribution in [0.4, 0.5) is 0 Å². The van der Waals surface area contributed by atoms with Crippen LogP contribution in [-0.2, 0) is 10.0 Å². The Morgan fingerprint density at radius 1 is 1.33 bits per heavy atom. The SMILES string of the molecule is CC(CNC1CC1)S(=O)(=O)NC(C)(C)C. The van der Waals surface area contributed by atoms with Crippen molar-refractivity contribution in [1.82, 2.24) is 10.0 Å². The quantitative estimate of drug-likeness (QED) is 0.741. The predicted octanol–water partition coefficient (Wildman–Crippen LogP) is 0.845. The minimum atomic E-state index is -3.20. The molecule has 1 saturated carbocycles. The molecule has 1 unspecified atom stereocenters. The fraction of sp³-hybridized carbons (Fsp3) is 1.00. The second kappa shape index (κ2) is 4.39. The van der Waals surface area contributed by atoms with Crippen molar-refractivity contribution in [3.63, 3.8) is 0 Å². The highest BCUT2D eigenvalue weighted by Crippen LogP contribution is 2.18. The highest BCUT2D eigenvalue weighted by Gasteiger charge is 2.28. The molecule has 5 heteroatoms. The first-order valence-corrected chi connectivity index (χ1v) is 7.01. The number of hydrogen-bond acceptors (Lipinski definition) is 3. The molecular weight excluding hydrogens is 212 g/mol. The zero-order chi connectivity index (χ0) is 11.7. The summed E-state index contributed by atoms with van der Waals surface area (Å²) < 4.78 is 26.3. The molecule has 15 heavy (non-hydrogen) atoms. The largest absolute Gasteiger partial charge is 0.313 e. The van der Waals surface area contributed by atoms with E-state index in [0.29, 0.717) is 12.6 Å². The van der Waals surface area contributed by atoms with Crippen molar-refractivity contribution in [2.75, 3.05) is 6.54 Å². The van der Waals surface area contributed by atoms with Gasteiger partial charge in [0, 0.05) is 18.1 Å². The Balaban J connectivity index is 2.44. The number of hydrogen-bond donors (Lipinski definition) is 2. The van der Waals surface area contributed by atoms with Crippen molar-refractivity contribution in [2.45, 2.75) is 57.4 Å². The van der Waals surface area contributed by atoms with Crippen molar-refractivity contribution in [3.05, 3.63) is 0 Å². The van der Waals surface area contributed by atoms with Crippen LogP contribution in [0.3, 0.4) is 0 Å². The molecular formula is C10H22N2O2S. The smallest absolute Gasteiger partial charge is 0.215 e. The summed E-state index contributed by atoms with van der Waals surface area (Å²) in [6.07, 6.45) is 2.36. The van der Waals surface area contributed by atoms with Gasteiger partial charge >= 0.3 is 0 Å². The maximum absolute atomic E-state index is 11.8. The lowest BCUT2D eigenvalue weighted by molar-refractivity contribution is 0.482. The molecule has 0 heterocycles. The summed E-state index contributed by atoms with van der Waals surface area (Å²) in [7, 11) is -3.20. The molecule has 0 spiro atoms. The molecule has 1 aliphatic carbocycles. The van der Waals surface area contributed by atoms with Gasteiger partial charge in [-0.2, -0.15) is 0 Å². The van der Waals surface area contributed by atoms with E-state index in [0.717, 1.165) is 0 Å². The molecule has 0 saturated heterocycles. The zero-order valence-electron chi connectivity index (χ0n) is 10.0. The Morgan fingerprint density at radius 2 is 1.87 bits per heavy atom. The molecule has 0 bridgehead atoms. The number of sulfonamides is 1. The van der Waals surface area contributed by atoms with E-state index in [1.165, 1.54) is 12.8 Å². The Hall–Kier alpha value is -0.130. The van der Waals surface area contributed by atoms with Gasteiger partial charge in [0.1, 0.15) is 0 Å². The van der Waals surface area contributed by atoms with Gasteiger partial charge in [-0.05, 0) is 40.5 Å². The van der Waals surface area contributed by atoms with Crippen LogP contribution in [0.2, 0.25) is 0 Å². The summed E-state index contributed by atoms with van der Waals surface area (Å²) in [5.74, 6) is 0. The molecule has 0 aromatic heterocycles. The predicted molar refractivity (Wildman–Crippen MR) is 62.3 cm³/mol. The summed E-state index contributed by atoms with van der Waals surface area (Å²) in [4.78, 5) is 0. The van der Waals surface area contributed by atoms with Crippen LogP contribution in [-0.4, -0.2) is 31.8 Å². The fourth-order valence-corrected chi connectivity index (χ4v) is 2.63. The second-order valence-corrected chi connectivity index (χ2v) is 7.49. The Morgan fingerprint density at radius 3 is 2.27 bits per heavy atom. The van der Waals surface area contributed by atoms with E-state index >= 15 is 0 Å². The van der Waals surface area contributed by atoms with Gasteiger partial charge in [-0.3, -0.25) is 0 Å². The summed E-state index contributed by atoms with van der Waals surface area (Å²) >= 11 is 0. The van der Waals surface area contributed by atoms with Gasteiger partial charge in [-0.1, -0.05) is 0 Å². The van der Waals surface area contributed by atoms with Crippen molar-refractivity contribution >= 4 is 10.0 Å². The third-order valence-electron chi connectivity index (χ3n) is 2.25. The van der Waals surface area contributed by atoms with Gasteiger partial charge in [0.2, 0.25) is 10.0 Å². The molecule has 0 amide bonds. The van der Waals surface area contributed by atoms with E-state index in [2.05, 4.69) is 10.0 Å². The number of rotatable bonds is 5. The monoisotopic (exact) mass is 234 g/mol. The molecule has 0 aromatic carbocycles. The van der Waals surface area contributed by atoms with Crippen molar-refractivity contribution in [3.8, 4) is 0 Å². The highest BCUT2D eigenvalue weighted by molar-refractivity contribution is 7.90. The maximum Gasteiger partial charge on any atom is 0.215 e. The van der Waals surface area contributed by atoms with Crippen LogP contribution >= 0.6 is 0 Å². The average molecular weight is 234 g/mol. The van der Waals surface area contributed by atoms with E-state index in [1.54, 1.807) is 6.92 Å². The standard InChI is InChI=1S/C10H22N2O2S/c1-8(7-11-9-5-6-9)15(13,14)12-10(2,3)4/h8-9,11-12H,5-7H2,1-4H3. The first-order chi connectivity index (χ1) is 6.71. The molecule has 1 rings (SSSR count). The van der Waals surface area contributed by atoms with Crippen LogP contribution < -0.4 is 10.0 Å². The van der Waals surface area contributed by atoms with Gasteiger partial charge in [-0.25, -0.2) is 13.1 Å². The van der Waals surface area contributed by atoms with E-state index < -0.39 is 15.6 Å². The third kappa shape index (κ3) is 4.95. The minimum Gasteiger partial charge on any atom is -0.313 e. The summed E-state index contributed by atoms with van der Waals surface area (Å²) in [5.41, 5.74) is -0.396. The fourth-order valence-electron chi connectivity index (χ4n) is 1.26. The Bertz CT molecular complexity index is 302. The van der Waals surface area contributed by atoms with Gasteiger partial charge < -0.3 is 5.32 Å². The summed E-state index contributed by atoms with van der Waals surface area (Å²) in [6.45, 7) is 7.84. The summed E-state index contributed by atoms with van der Waals surface area (Å²) in [5, 5.41) is 2.85. The van der Waals surface area contributed by atoms with Crippen LogP contribution in [0.25, 0.3) is 0 Å². The molecule has 1 atom stereocenters. The minimum absolute atomic E-state index is 0.377. The highest BCUT2D eigenvalue weighted by atomic mass is 32.2. The average Bonchev–Trinajstić information content (AvgIpc) is 2.77. The van der Waals surface area contributed by atoms with E-state index in [4.69, 9.17) is 0 Å². The van der Waals surface area contributed by atoms with Crippen molar-refractivity contribution in [1.29, 1.82) is 0 Å². The van der Waals surface area contributed by atoms with Crippen LogP contribution in [0, 0.1) is 0 Å².